The van der Waals surface area contributed by atoms with Crippen LogP contribution in [0.25, 0.3) is 5.69 Å². The number of aromatic nitrogens is 2. The first kappa shape index (κ1) is 21.2. The van der Waals surface area contributed by atoms with E-state index in [-0.39, 0.29) is 22.0 Å². The minimum Gasteiger partial charge on any atom is -0.449 e. The van der Waals surface area contributed by atoms with Gasteiger partial charge in [0.25, 0.3) is 11.5 Å². The number of amides is 1. The average molecular weight is 429 g/mol. The maximum Gasteiger partial charge on any atom is 0.341 e. The van der Waals surface area contributed by atoms with E-state index in [9.17, 15) is 14.4 Å². The van der Waals surface area contributed by atoms with Gasteiger partial charge in [-0.05, 0) is 38.1 Å². The van der Waals surface area contributed by atoms with E-state index in [1.165, 1.54) is 17.7 Å². The Labute approximate surface area is 177 Å². The van der Waals surface area contributed by atoms with E-state index in [4.69, 9.17) is 22.1 Å². The third-order valence-corrected chi connectivity index (χ3v) is 5.06. The lowest BCUT2D eigenvalue weighted by Gasteiger charge is -2.14. The Morgan fingerprint density at radius 3 is 2.47 bits per heavy atom. The fraction of sp³-hybridized carbons (Fsp3) is 0.190. The number of nitrogen functional groups attached to an aromatic ring is 1. The molecule has 156 valence electrons. The van der Waals surface area contributed by atoms with Gasteiger partial charge in [0.05, 0.1) is 27.7 Å². The number of esters is 1. The van der Waals surface area contributed by atoms with Crippen molar-refractivity contribution in [3.05, 3.63) is 75.2 Å². The molecule has 0 radical (unpaired) electrons. The SMILES string of the molecule is Cc1c(NC(=O)[C@@H](C)OC(=O)c2cccc(Cl)c2N)c(=O)n(-c2ccccc2)n1C. The molecule has 3 rings (SSSR count). The van der Waals surface area contributed by atoms with Crippen LogP contribution in [0.5, 0.6) is 0 Å². The maximum atomic E-state index is 12.9. The van der Waals surface area contributed by atoms with Gasteiger partial charge in [0.1, 0.15) is 5.69 Å². The van der Waals surface area contributed by atoms with E-state index in [1.54, 1.807) is 42.9 Å². The summed E-state index contributed by atoms with van der Waals surface area (Å²) in [6, 6.07) is 13.6. The van der Waals surface area contributed by atoms with Crippen LogP contribution in [-0.4, -0.2) is 27.3 Å². The highest BCUT2D eigenvalue weighted by Gasteiger charge is 2.24. The number of benzene rings is 2. The molecular weight excluding hydrogens is 408 g/mol. The van der Waals surface area contributed by atoms with E-state index in [1.807, 2.05) is 18.2 Å². The van der Waals surface area contributed by atoms with Gasteiger partial charge in [-0.3, -0.25) is 14.3 Å². The zero-order chi connectivity index (χ0) is 22.0. The van der Waals surface area contributed by atoms with Gasteiger partial charge in [-0.15, -0.1) is 0 Å². The number of rotatable bonds is 5. The van der Waals surface area contributed by atoms with Crippen LogP contribution < -0.4 is 16.6 Å². The first-order valence-electron chi connectivity index (χ1n) is 9.12. The highest BCUT2D eigenvalue weighted by atomic mass is 35.5. The number of anilines is 2. The van der Waals surface area contributed by atoms with E-state index < -0.39 is 23.5 Å². The molecule has 9 heteroatoms. The summed E-state index contributed by atoms with van der Waals surface area (Å²) in [5.74, 6) is -1.43. The van der Waals surface area contributed by atoms with Gasteiger partial charge in [-0.25, -0.2) is 9.48 Å². The number of ether oxygens (including phenoxy) is 1. The van der Waals surface area contributed by atoms with Crippen molar-refractivity contribution < 1.29 is 14.3 Å². The van der Waals surface area contributed by atoms with Gasteiger partial charge in [-0.2, -0.15) is 0 Å². The molecule has 0 fully saturated rings. The predicted octanol–water partition coefficient (Wildman–Crippen LogP) is 2.90. The zero-order valence-corrected chi connectivity index (χ0v) is 17.4. The van der Waals surface area contributed by atoms with Gasteiger partial charge in [0.15, 0.2) is 6.10 Å². The van der Waals surface area contributed by atoms with Gasteiger partial charge in [0, 0.05) is 7.05 Å². The molecule has 1 heterocycles. The Kier molecular flexibility index (Phi) is 5.98. The first-order chi connectivity index (χ1) is 14.2. The Balaban J connectivity index is 1.80. The highest BCUT2D eigenvalue weighted by molar-refractivity contribution is 6.33. The van der Waals surface area contributed by atoms with Crippen molar-refractivity contribution in [3.8, 4) is 5.69 Å². The number of carbonyl (C=O) groups excluding carboxylic acids is 2. The Morgan fingerprint density at radius 2 is 1.80 bits per heavy atom. The number of hydrogen-bond donors (Lipinski definition) is 2. The lowest BCUT2D eigenvalue weighted by atomic mass is 10.2. The number of hydrogen-bond acceptors (Lipinski definition) is 5. The Hall–Kier alpha value is -3.52. The van der Waals surface area contributed by atoms with Gasteiger partial charge < -0.3 is 15.8 Å². The Bertz CT molecular complexity index is 1170. The number of nitrogens with zero attached hydrogens (tertiary/aromatic N) is 2. The standard InChI is InChI=1S/C21H21ClN4O4/c1-12-18(20(28)26(25(12)3)14-8-5-4-6-9-14)24-19(27)13(2)30-21(29)15-10-7-11-16(22)17(15)23/h4-11,13H,23H2,1-3H3,(H,24,27)/t13-/m1/s1. The molecule has 0 aliphatic rings. The van der Waals surface area contributed by atoms with E-state index >= 15 is 0 Å². The van der Waals surface area contributed by atoms with Crippen molar-refractivity contribution in [1.29, 1.82) is 0 Å². The quantitative estimate of drug-likeness (QED) is 0.479. The summed E-state index contributed by atoms with van der Waals surface area (Å²) < 4.78 is 8.28. The normalized spacial score (nSPS) is 11.7. The fourth-order valence-corrected chi connectivity index (χ4v) is 3.10. The number of para-hydroxylation sites is 2. The minimum absolute atomic E-state index is 0.0597. The van der Waals surface area contributed by atoms with Crippen LogP contribution >= 0.6 is 11.6 Å². The van der Waals surface area contributed by atoms with Gasteiger partial charge in [-0.1, -0.05) is 35.9 Å². The molecule has 1 amide bonds. The van der Waals surface area contributed by atoms with Crippen molar-refractivity contribution in [2.45, 2.75) is 20.0 Å². The molecule has 0 spiro atoms. The molecule has 1 atom stereocenters. The molecule has 3 aromatic rings. The summed E-state index contributed by atoms with van der Waals surface area (Å²) in [4.78, 5) is 37.8. The average Bonchev–Trinajstić information content (AvgIpc) is 2.93. The van der Waals surface area contributed by atoms with Crippen LogP contribution in [0.15, 0.2) is 53.3 Å². The van der Waals surface area contributed by atoms with Crippen LogP contribution in [0.1, 0.15) is 23.0 Å². The molecule has 0 saturated carbocycles. The topological polar surface area (TPSA) is 108 Å². The molecule has 0 aliphatic heterocycles. The highest BCUT2D eigenvalue weighted by Crippen LogP contribution is 2.23. The minimum atomic E-state index is -1.17. The Morgan fingerprint density at radius 1 is 1.13 bits per heavy atom. The van der Waals surface area contributed by atoms with Crippen molar-refractivity contribution >= 4 is 34.9 Å². The van der Waals surface area contributed by atoms with Gasteiger partial charge in [0.2, 0.25) is 0 Å². The number of halogens is 1. The third-order valence-electron chi connectivity index (χ3n) is 4.73. The monoisotopic (exact) mass is 428 g/mol. The summed E-state index contributed by atoms with van der Waals surface area (Å²) >= 11 is 5.92. The van der Waals surface area contributed by atoms with E-state index in [0.29, 0.717) is 11.4 Å². The van der Waals surface area contributed by atoms with Crippen LogP contribution in [-0.2, 0) is 16.6 Å². The fourth-order valence-electron chi connectivity index (χ4n) is 2.93. The lowest BCUT2D eigenvalue weighted by molar-refractivity contribution is -0.123. The second-order valence-corrected chi connectivity index (χ2v) is 7.08. The second-order valence-electron chi connectivity index (χ2n) is 6.67. The summed E-state index contributed by atoms with van der Waals surface area (Å²) in [6.07, 6.45) is -1.17. The van der Waals surface area contributed by atoms with Gasteiger partial charge >= 0.3 is 5.97 Å². The van der Waals surface area contributed by atoms with Crippen LogP contribution in [0.2, 0.25) is 5.02 Å². The summed E-state index contributed by atoms with van der Waals surface area (Å²) in [5, 5.41) is 2.78. The van der Waals surface area contributed by atoms with Crippen molar-refractivity contribution in [2.75, 3.05) is 11.1 Å². The molecule has 0 unspecified atom stereocenters. The summed E-state index contributed by atoms with van der Waals surface area (Å²) in [7, 11) is 1.71. The zero-order valence-electron chi connectivity index (χ0n) is 16.7. The maximum absolute atomic E-state index is 12.9. The van der Waals surface area contributed by atoms with E-state index in [2.05, 4.69) is 5.32 Å². The van der Waals surface area contributed by atoms with Crippen molar-refractivity contribution in [1.82, 2.24) is 9.36 Å². The number of nitrogens with two attached hydrogens (primary N) is 1. The van der Waals surface area contributed by atoms with Crippen LogP contribution in [0, 0.1) is 6.92 Å². The number of nitrogens with one attached hydrogen (secondary N) is 1. The van der Waals surface area contributed by atoms with Crippen LogP contribution in [0.4, 0.5) is 11.4 Å². The predicted molar refractivity (Wildman–Crippen MR) is 115 cm³/mol. The molecule has 3 N–H and O–H groups in total. The van der Waals surface area contributed by atoms with E-state index in [0.717, 1.165) is 0 Å². The molecule has 0 bridgehead atoms. The third kappa shape index (κ3) is 3.95. The largest absolute Gasteiger partial charge is 0.449 e. The molecular formula is C21H21ClN4O4. The summed E-state index contributed by atoms with van der Waals surface area (Å²) in [6.45, 7) is 3.11. The molecule has 1 aromatic heterocycles. The summed E-state index contributed by atoms with van der Waals surface area (Å²) in [5.41, 5.74) is 6.84. The smallest absolute Gasteiger partial charge is 0.341 e. The molecule has 2 aromatic carbocycles. The molecule has 30 heavy (non-hydrogen) atoms. The van der Waals surface area contributed by atoms with Crippen LogP contribution in [0.3, 0.4) is 0 Å². The van der Waals surface area contributed by atoms with Crippen molar-refractivity contribution in [2.24, 2.45) is 7.05 Å². The first-order valence-corrected chi connectivity index (χ1v) is 9.50. The van der Waals surface area contributed by atoms with Crippen molar-refractivity contribution in [3.63, 3.8) is 0 Å². The number of carbonyl (C=O) groups is 2. The second kappa shape index (κ2) is 8.46. The lowest BCUT2D eigenvalue weighted by Crippen LogP contribution is -2.32. The molecule has 0 saturated heterocycles. The molecule has 8 nitrogen and oxygen atoms in total. The molecule has 0 aliphatic carbocycles.